The number of fused-ring (bicyclic) bond motifs is 1. The van der Waals surface area contributed by atoms with Gasteiger partial charge in [0.15, 0.2) is 5.71 Å². The zero-order valence-corrected chi connectivity index (χ0v) is 17.8. The molecule has 0 fully saturated rings. The molecule has 1 heterocycles. The molecule has 0 amide bonds. The molecule has 0 N–H and O–H groups in total. The average Bonchev–Trinajstić information content (AvgIpc) is 3.26. The minimum atomic E-state index is -4.37. The minimum absolute atomic E-state index is 0.228. The van der Waals surface area contributed by atoms with E-state index in [2.05, 4.69) is 51.1 Å². The summed E-state index contributed by atoms with van der Waals surface area (Å²) in [6.07, 6.45) is 6.14. The number of hydrogen-bond donors (Lipinski definition) is 0. The van der Waals surface area contributed by atoms with Crippen molar-refractivity contribution in [3.63, 3.8) is 0 Å². The summed E-state index contributed by atoms with van der Waals surface area (Å²) < 4.78 is 42.5. The summed E-state index contributed by atoms with van der Waals surface area (Å²) in [6, 6.07) is 10.6. The van der Waals surface area contributed by atoms with Gasteiger partial charge in [0.05, 0.1) is 11.0 Å². The highest BCUT2D eigenvalue weighted by Crippen LogP contribution is 2.46. The van der Waals surface area contributed by atoms with Crippen LogP contribution < -0.4 is 4.58 Å². The largest absolute Gasteiger partial charge is 0.416 e. The first-order chi connectivity index (χ1) is 14.1. The highest BCUT2D eigenvalue weighted by Gasteiger charge is 2.47. The Labute approximate surface area is 176 Å². The number of halogens is 3. The number of alkyl halides is 3. The second-order valence-corrected chi connectivity index (χ2v) is 8.80. The number of benzene rings is 2. The number of rotatable bonds is 4. The van der Waals surface area contributed by atoms with Crippen molar-refractivity contribution < 1.29 is 13.2 Å². The molecule has 0 radical (unpaired) electrons. The molecule has 0 bridgehead atoms. The summed E-state index contributed by atoms with van der Waals surface area (Å²) in [4.78, 5) is 0. The molecule has 1 aliphatic carbocycles. The van der Waals surface area contributed by atoms with Gasteiger partial charge in [0.2, 0.25) is 11.4 Å². The molecule has 1 unspecified atom stereocenters. The zero-order valence-electron chi connectivity index (χ0n) is 17.8. The van der Waals surface area contributed by atoms with E-state index < -0.39 is 11.7 Å². The van der Waals surface area contributed by atoms with Crippen molar-refractivity contribution in [3.8, 4) is 0 Å². The normalized spacial score (nSPS) is 21.0. The molecular formula is C26H27F3N+. The summed E-state index contributed by atoms with van der Waals surface area (Å²) >= 11 is 0. The van der Waals surface area contributed by atoms with E-state index in [1.807, 2.05) is 22.8 Å². The first kappa shape index (κ1) is 20.6. The Morgan fingerprint density at radius 2 is 1.63 bits per heavy atom. The molecule has 2 aliphatic rings. The van der Waals surface area contributed by atoms with E-state index in [4.69, 9.17) is 0 Å². The molecule has 0 spiro atoms. The van der Waals surface area contributed by atoms with Crippen molar-refractivity contribution in [1.29, 1.82) is 0 Å². The second kappa shape index (κ2) is 7.26. The van der Waals surface area contributed by atoms with Gasteiger partial charge in [-0.2, -0.15) is 17.7 Å². The van der Waals surface area contributed by atoms with Crippen molar-refractivity contribution in [2.45, 2.75) is 52.1 Å². The summed E-state index contributed by atoms with van der Waals surface area (Å²) in [5.41, 5.74) is 4.77. The summed E-state index contributed by atoms with van der Waals surface area (Å²) in [5, 5.41) is 0. The Kier molecular flexibility index (Phi) is 5.00. The first-order valence-corrected chi connectivity index (χ1v) is 10.4. The van der Waals surface area contributed by atoms with Crippen LogP contribution in [0.3, 0.4) is 0 Å². The average molecular weight is 411 g/mol. The maximum absolute atomic E-state index is 13.5. The summed E-state index contributed by atoms with van der Waals surface area (Å²) in [5.74, 6) is 0.424. The van der Waals surface area contributed by atoms with Crippen molar-refractivity contribution in [1.82, 2.24) is 4.58 Å². The number of allylic oxidation sites excluding steroid dienone is 4. The van der Waals surface area contributed by atoms with Crippen LogP contribution in [0.15, 0.2) is 60.7 Å². The third-order valence-corrected chi connectivity index (χ3v) is 6.57. The SMILES string of the molecule is CC1=[N+](c2cc(C)cc(C(F)(F)F)c2)c2ccc(C)cc2C1(C)CCC1C=CC=C1. The van der Waals surface area contributed by atoms with Gasteiger partial charge in [0.25, 0.3) is 0 Å². The van der Waals surface area contributed by atoms with Crippen molar-refractivity contribution in [2.75, 3.05) is 0 Å². The number of hydrogen-bond acceptors (Lipinski definition) is 0. The fraction of sp³-hybridized carbons (Fsp3) is 0.346. The maximum Gasteiger partial charge on any atom is 0.416 e. The van der Waals surface area contributed by atoms with Crippen LogP contribution in [0.2, 0.25) is 0 Å². The Morgan fingerprint density at radius 1 is 0.933 bits per heavy atom. The third kappa shape index (κ3) is 3.53. The molecule has 30 heavy (non-hydrogen) atoms. The van der Waals surface area contributed by atoms with Crippen molar-refractivity contribution >= 4 is 17.1 Å². The van der Waals surface area contributed by atoms with Gasteiger partial charge in [-0.15, -0.1) is 0 Å². The molecule has 2 aromatic carbocycles. The van der Waals surface area contributed by atoms with Gasteiger partial charge < -0.3 is 0 Å². The van der Waals surface area contributed by atoms with Gasteiger partial charge in [-0.3, -0.25) is 0 Å². The molecule has 4 heteroatoms. The minimum Gasteiger partial charge on any atom is -0.166 e. The van der Waals surface area contributed by atoms with Gasteiger partial charge in [0.1, 0.15) is 0 Å². The van der Waals surface area contributed by atoms with E-state index in [9.17, 15) is 13.2 Å². The molecule has 1 atom stereocenters. The standard InChI is InChI=1S/C26H27F3N/c1-17-9-10-24-23(15-17)25(4,12-11-20-7-5-6-8-20)19(3)30(24)22-14-18(2)13-21(16-22)26(27,28)29/h5-10,13-16,20H,11-12H2,1-4H3/q+1. The fourth-order valence-electron chi connectivity index (χ4n) is 4.74. The van der Waals surface area contributed by atoms with Gasteiger partial charge in [-0.25, -0.2) is 0 Å². The lowest BCUT2D eigenvalue weighted by Crippen LogP contribution is -2.31. The van der Waals surface area contributed by atoms with Gasteiger partial charge >= 0.3 is 6.18 Å². The molecule has 0 aromatic heterocycles. The van der Waals surface area contributed by atoms with Crippen molar-refractivity contribution in [2.24, 2.45) is 5.92 Å². The molecule has 0 saturated heterocycles. The summed E-state index contributed by atoms with van der Waals surface area (Å²) in [6.45, 7) is 8.07. The molecule has 0 saturated carbocycles. The van der Waals surface area contributed by atoms with Gasteiger partial charge in [-0.1, -0.05) is 35.9 Å². The highest BCUT2D eigenvalue weighted by atomic mass is 19.4. The Balaban J connectivity index is 1.85. The predicted molar refractivity (Wildman–Crippen MR) is 118 cm³/mol. The molecule has 4 rings (SSSR count). The van der Waals surface area contributed by atoms with E-state index in [0.29, 0.717) is 17.2 Å². The van der Waals surface area contributed by atoms with Crippen LogP contribution >= 0.6 is 0 Å². The van der Waals surface area contributed by atoms with Crippen LogP contribution in [0.1, 0.15) is 48.9 Å². The fourth-order valence-corrected chi connectivity index (χ4v) is 4.74. The topological polar surface area (TPSA) is 3.01 Å². The van der Waals surface area contributed by atoms with E-state index in [1.54, 1.807) is 6.92 Å². The van der Waals surface area contributed by atoms with Gasteiger partial charge in [-0.05, 0) is 57.2 Å². The molecular weight excluding hydrogens is 383 g/mol. The first-order valence-electron chi connectivity index (χ1n) is 10.4. The lowest BCUT2D eigenvalue weighted by atomic mass is 9.74. The van der Waals surface area contributed by atoms with Crippen LogP contribution in [-0.4, -0.2) is 5.71 Å². The van der Waals surface area contributed by atoms with E-state index in [0.717, 1.165) is 29.8 Å². The molecule has 156 valence electrons. The highest BCUT2D eigenvalue weighted by molar-refractivity contribution is 6.02. The van der Waals surface area contributed by atoms with Crippen LogP contribution in [0, 0.1) is 19.8 Å². The quantitative estimate of drug-likeness (QED) is 0.462. The second-order valence-electron chi connectivity index (χ2n) is 8.80. The summed E-state index contributed by atoms with van der Waals surface area (Å²) in [7, 11) is 0. The van der Waals surface area contributed by atoms with Gasteiger partial charge in [0, 0.05) is 30.7 Å². The van der Waals surface area contributed by atoms with Crippen LogP contribution in [0.4, 0.5) is 24.5 Å². The number of aryl methyl sites for hydroxylation is 2. The predicted octanol–water partition coefficient (Wildman–Crippen LogP) is 7.41. The van der Waals surface area contributed by atoms with Crippen LogP contribution in [0.5, 0.6) is 0 Å². The Bertz CT molecular complexity index is 1080. The maximum atomic E-state index is 13.5. The lowest BCUT2D eigenvalue weighted by molar-refractivity contribution is -0.137. The van der Waals surface area contributed by atoms with E-state index in [-0.39, 0.29) is 5.41 Å². The lowest BCUT2D eigenvalue weighted by Gasteiger charge is -2.23. The zero-order chi connectivity index (χ0) is 21.7. The molecule has 1 nitrogen and oxygen atoms in total. The smallest absolute Gasteiger partial charge is 0.166 e. The number of nitrogens with zero attached hydrogens (tertiary/aromatic N) is 1. The van der Waals surface area contributed by atoms with E-state index in [1.165, 1.54) is 17.7 Å². The van der Waals surface area contributed by atoms with E-state index >= 15 is 0 Å². The van der Waals surface area contributed by atoms with Crippen LogP contribution in [-0.2, 0) is 11.6 Å². The Hall–Kier alpha value is -2.62. The molecule has 2 aromatic rings. The third-order valence-electron chi connectivity index (χ3n) is 6.57. The van der Waals surface area contributed by atoms with Crippen LogP contribution in [0.25, 0.3) is 0 Å². The Morgan fingerprint density at radius 3 is 2.30 bits per heavy atom. The molecule has 1 aliphatic heterocycles. The monoisotopic (exact) mass is 410 g/mol. The van der Waals surface area contributed by atoms with Crippen molar-refractivity contribution in [3.05, 3.63) is 83.0 Å².